The molecule has 2 aliphatic heterocycles. The fourth-order valence-electron chi connectivity index (χ4n) is 3.03. The standard InChI is InChI=1S/C19H23N8/c1-4-13(2)11-17-24-25-18-12-14(7-10-27(17)18)15-5-8-20-19(22-15)23-16-6-9-21-26(16)3/h5-10,13H,4,11-12H2,1-3H3,(H,20,22,23)/q+1/t13-/m0/s1. The van der Waals surface area contributed by atoms with Crippen molar-refractivity contribution in [2.45, 2.75) is 33.1 Å². The number of fused-ring (bicyclic) bond motifs is 1. The molecule has 1 atom stereocenters. The zero-order chi connectivity index (χ0) is 18.8. The fourth-order valence-corrected chi connectivity index (χ4v) is 3.03. The van der Waals surface area contributed by atoms with Gasteiger partial charge in [0.25, 0.3) is 11.7 Å². The highest BCUT2D eigenvalue weighted by Gasteiger charge is 2.32. The predicted octanol–water partition coefficient (Wildman–Crippen LogP) is 2.99. The molecule has 0 saturated carbocycles. The lowest BCUT2D eigenvalue weighted by atomic mass is 10.0. The second-order valence-electron chi connectivity index (χ2n) is 6.87. The van der Waals surface area contributed by atoms with Crippen molar-refractivity contribution in [1.82, 2.24) is 19.7 Å². The third-order valence-electron chi connectivity index (χ3n) is 4.88. The summed E-state index contributed by atoms with van der Waals surface area (Å²) in [5.41, 5.74) is 1.98. The van der Waals surface area contributed by atoms with Crippen molar-refractivity contribution in [3.05, 3.63) is 36.3 Å². The Balaban J connectivity index is 1.54. The number of aromatic nitrogens is 4. The molecule has 1 N–H and O–H groups in total. The van der Waals surface area contributed by atoms with Crippen LogP contribution in [0.4, 0.5) is 11.8 Å². The van der Waals surface area contributed by atoms with E-state index in [1.54, 1.807) is 17.1 Å². The molecule has 4 heterocycles. The molecule has 8 heteroatoms. The summed E-state index contributed by atoms with van der Waals surface area (Å²) in [6.45, 7) is 4.44. The largest absolute Gasteiger partial charge is 0.309 e. The van der Waals surface area contributed by atoms with E-state index in [2.05, 4.69) is 55.1 Å². The highest BCUT2D eigenvalue weighted by atomic mass is 15.4. The summed E-state index contributed by atoms with van der Waals surface area (Å²) < 4.78 is 3.84. The Morgan fingerprint density at radius 2 is 2.15 bits per heavy atom. The number of allylic oxidation sites excluding steroid dienone is 1. The van der Waals surface area contributed by atoms with E-state index in [4.69, 9.17) is 0 Å². The van der Waals surface area contributed by atoms with E-state index in [1.165, 1.54) is 0 Å². The van der Waals surface area contributed by atoms with Crippen molar-refractivity contribution < 1.29 is 4.58 Å². The number of hydrogen-bond donors (Lipinski definition) is 1. The van der Waals surface area contributed by atoms with Crippen LogP contribution in [0, 0.1) is 5.92 Å². The van der Waals surface area contributed by atoms with Crippen molar-refractivity contribution in [2.75, 3.05) is 5.32 Å². The van der Waals surface area contributed by atoms with Crippen LogP contribution in [0.2, 0.25) is 0 Å². The molecule has 0 radical (unpaired) electrons. The van der Waals surface area contributed by atoms with Gasteiger partial charge >= 0.3 is 0 Å². The fraction of sp³-hybridized carbons (Fsp3) is 0.368. The number of hydrogen-bond acceptors (Lipinski definition) is 6. The Labute approximate surface area is 158 Å². The molecule has 0 fully saturated rings. The van der Waals surface area contributed by atoms with Crippen molar-refractivity contribution in [2.24, 2.45) is 23.2 Å². The summed E-state index contributed by atoms with van der Waals surface area (Å²) in [6.07, 6.45) is 10.4. The van der Waals surface area contributed by atoms with Crippen LogP contribution in [0.15, 0.2) is 40.8 Å². The van der Waals surface area contributed by atoms with Gasteiger partial charge in [0.1, 0.15) is 5.82 Å². The van der Waals surface area contributed by atoms with Crippen molar-refractivity contribution in [3.63, 3.8) is 0 Å². The van der Waals surface area contributed by atoms with Crippen LogP contribution in [0.1, 0.15) is 38.8 Å². The Morgan fingerprint density at radius 1 is 1.26 bits per heavy atom. The quantitative estimate of drug-likeness (QED) is 0.800. The summed E-state index contributed by atoms with van der Waals surface area (Å²) >= 11 is 0. The Bertz CT molecular complexity index is 979. The molecule has 4 rings (SSSR count). The number of nitrogens with zero attached hydrogens (tertiary/aromatic N) is 7. The van der Waals surface area contributed by atoms with Crippen molar-refractivity contribution in [1.29, 1.82) is 0 Å². The van der Waals surface area contributed by atoms with E-state index in [1.807, 2.05) is 25.4 Å². The zero-order valence-electron chi connectivity index (χ0n) is 15.8. The van der Waals surface area contributed by atoms with Crippen LogP contribution in [0.25, 0.3) is 5.57 Å². The van der Waals surface area contributed by atoms with Crippen LogP contribution in [0.3, 0.4) is 0 Å². The molecule has 0 saturated heterocycles. The van der Waals surface area contributed by atoms with E-state index in [9.17, 15) is 0 Å². The molecule has 0 bridgehead atoms. The van der Waals surface area contributed by atoms with E-state index in [0.29, 0.717) is 18.3 Å². The van der Waals surface area contributed by atoms with Gasteiger partial charge in [0, 0.05) is 25.7 Å². The van der Waals surface area contributed by atoms with E-state index in [0.717, 1.165) is 41.6 Å². The Kier molecular flexibility index (Phi) is 4.62. The molecule has 0 aliphatic carbocycles. The monoisotopic (exact) mass is 363 g/mol. The van der Waals surface area contributed by atoms with Crippen LogP contribution >= 0.6 is 0 Å². The lowest BCUT2D eigenvalue weighted by Crippen LogP contribution is -2.28. The number of anilines is 2. The molecule has 0 amide bonds. The topological polar surface area (TPSA) is 83.4 Å². The van der Waals surface area contributed by atoms with Crippen molar-refractivity contribution in [3.8, 4) is 0 Å². The third kappa shape index (κ3) is 3.55. The normalized spacial score (nSPS) is 16.9. The van der Waals surface area contributed by atoms with Crippen LogP contribution in [0.5, 0.6) is 0 Å². The van der Waals surface area contributed by atoms with Crippen LogP contribution < -0.4 is 5.32 Å². The molecule has 0 spiro atoms. The number of amidine groups is 2. The highest BCUT2D eigenvalue weighted by molar-refractivity contribution is 6.05. The highest BCUT2D eigenvalue weighted by Crippen LogP contribution is 2.24. The number of nitrogens with one attached hydrogen (secondary N) is 1. The van der Waals surface area contributed by atoms with E-state index < -0.39 is 0 Å². The summed E-state index contributed by atoms with van der Waals surface area (Å²) in [5, 5.41) is 16.1. The molecule has 0 aromatic carbocycles. The number of rotatable bonds is 6. The molecule has 27 heavy (non-hydrogen) atoms. The Morgan fingerprint density at radius 3 is 2.93 bits per heavy atom. The summed E-state index contributed by atoms with van der Waals surface area (Å²) in [4.78, 5) is 8.95. The summed E-state index contributed by atoms with van der Waals surface area (Å²) in [6, 6.07) is 3.80. The molecule has 8 nitrogen and oxygen atoms in total. The smallest absolute Gasteiger partial charge is 0.290 e. The van der Waals surface area contributed by atoms with Gasteiger partial charge in [-0.25, -0.2) is 14.5 Å². The first-order valence-electron chi connectivity index (χ1n) is 9.19. The van der Waals surface area contributed by atoms with Gasteiger partial charge in [-0.2, -0.15) is 5.10 Å². The molecule has 138 valence electrons. The third-order valence-corrected chi connectivity index (χ3v) is 4.88. The maximum Gasteiger partial charge on any atom is 0.290 e. The molecule has 0 unspecified atom stereocenters. The van der Waals surface area contributed by atoms with Crippen LogP contribution in [-0.2, 0) is 7.05 Å². The molecular weight excluding hydrogens is 340 g/mol. The van der Waals surface area contributed by atoms with E-state index >= 15 is 0 Å². The van der Waals surface area contributed by atoms with Gasteiger partial charge in [0.15, 0.2) is 0 Å². The first kappa shape index (κ1) is 17.3. The lowest BCUT2D eigenvalue weighted by Gasteiger charge is -2.13. The van der Waals surface area contributed by atoms with Gasteiger partial charge in [0.2, 0.25) is 5.95 Å². The molecule has 2 aromatic rings. The lowest BCUT2D eigenvalue weighted by molar-refractivity contribution is -0.264. The first-order chi connectivity index (χ1) is 13.1. The maximum atomic E-state index is 4.64. The van der Waals surface area contributed by atoms with E-state index in [-0.39, 0.29) is 0 Å². The second kappa shape index (κ2) is 7.22. The molecule has 2 aromatic heterocycles. The Hall–Kier alpha value is -3.16. The van der Waals surface area contributed by atoms with Gasteiger partial charge in [-0.05, 0) is 23.6 Å². The summed E-state index contributed by atoms with van der Waals surface area (Å²) in [5.74, 6) is 3.95. The molecule has 2 aliphatic rings. The maximum absolute atomic E-state index is 4.64. The van der Waals surface area contributed by atoms with Gasteiger partial charge in [0.05, 0.1) is 34.7 Å². The summed E-state index contributed by atoms with van der Waals surface area (Å²) in [7, 11) is 1.87. The molecular formula is C19H23N8+. The van der Waals surface area contributed by atoms with Gasteiger partial charge < -0.3 is 5.32 Å². The number of aryl methyl sites for hydroxylation is 1. The van der Waals surface area contributed by atoms with Crippen molar-refractivity contribution >= 4 is 35.2 Å². The average molecular weight is 363 g/mol. The minimum atomic E-state index is 0.543. The predicted molar refractivity (Wildman–Crippen MR) is 106 cm³/mol. The minimum Gasteiger partial charge on any atom is -0.309 e. The van der Waals surface area contributed by atoms with Gasteiger partial charge in [-0.1, -0.05) is 20.3 Å². The van der Waals surface area contributed by atoms with Gasteiger partial charge in [-0.3, -0.25) is 4.68 Å². The second-order valence-corrected chi connectivity index (χ2v) is 6.87. The first-order valence-corrected chi connectivity index (χ1v) is 9.19. The van der Waals surface area contributed by atoms with Gasteiger partial charge in [-0.15, -0.1) is 0 Å². The SMILES string of the molecule is CC[C@H](C)CC1=NN=C2CC(c3ccnc(Nc4ccnn4C)n3)=CC=[N+]21. The average Bonchev–Trinajstić information content (AvgIpc) is 3.28. The minimum absolute atomic E-state index is 0.543. The zero-order valence-corrected chi connectivity index (χ0v) is 15.8. The van der Waals surface area contributed by atoms with Crippen LogP contribution in [-0.4, -0.2) is 42.2 Å².